The highest BCUT2D eigenvalue weighted by Crippen LogP contribution is 1.95. The third kappa shape index (κ3) is 2.89. The minimum absolute atomic E-state index is 0.0992. The number of carbonyl (C=O) groups is 1. The first kappa shape index (κ1) is 9.77. The second kappa shape index (κ2) is 4.64. The SMILES string of the molecule is CCC(=O)NCCc1ccnn1C. The van der Waals surface area contributed by atoms with E-state index in [9.17, 15) is 4.79 Å². The lowest BCUT2D eigenvalue weighted by molar-refractivity contribution is -0.120. The Hall–Kier alpha value is -1.32. The average Bonchev–Trinajstić information content (AvgIpc) is 2.52. The summed E-state index contributed by atoms with van der Waals surface area (Å²) < 4.78 is 1.82. The van der Waals surface area contributed by atoms with Gasteiger partial charge in [0.05, 0.1) is 0 Å². The molecule has 72 valence electrons. The van der Waals surface area contributed by atoms with Crippen LogP contribution < -0.4 is 5.32 Å². The Bertz CT molecular complexity index is 280. The van der Waals surface area contributed by atoms with Crippen LogP contribution in [0.15, 0.2) is 12.3 Å². The highest BCUT2D eigenvalue weighted by Gasteiger charge is 1.99. The van der Waals surface area contributed by atoms with E-state index in [-0.39, 0.29) is 5.91 Å². The van der Waals surface area contributed by atoms with Gasteiger partial charge in [-0.15, -0.1) is 0 Å². The van der Waals surface area contributed by atoms with Gasteiger partial charge in [-0.2, -0.15) is 5.10 Å². The van der Waals surface area contributed by atoms with Crippen molar-refractivity contribution in [1.29, 1.82) is 0 Å². The number of carbonyl (C=O) groups excluding carboxylic acids is 1. The average molecular weight is 181 g/mol. The van der Waals surface area contributed by atoms with Crippen molar-refractivity contribution in [2.24, 2.45) is 7.05 Å². The summed E-state index contributed by atoms with van der Waals surface area (Å²) in [5, 5.41) is 6.86. The van der Waals surface area contributed by atoms with Crippen LogP contribution in [-0.2, 0) is 18.3 Å². The number of hydrogen-bond acceptors (Lipinski definition) is 2. The lowest BCUT2D eigenvalue weighted by Crippen LogP contribution is -2.25. The lowest BCUT2D eigenvalue weighted by Gasteiger charge is -2.03. The van der Waals surface area contributed by atoms with Gasteiger partial charge in [-0.05, 0) is 6.07 Å². The molecule has 0 aliphatic carbocycles. The largest absolute Gasteiger partial charge is 0.356 e. The molecule has 0 unspecified atom stereocenters. The zero-order valence-corrected chi connectivity index (χ0v) is 8.08. The molecule has 13 heavy (non-hydrogen) atoms. The molecule has 0 spiro atoms. The van der Waals surface area contributed by atoms with Gasteiger partial charge in [0, 0.05) is 38.3 Å². The van der Waals surface area contributed by atoms with Gasteiger partial charge in [-0.25, -0.2) is 0 Å². The molecule has 0 aliphatic rings. The van der Waals surface area contributed by atoms with E-state index in [0.29, 0.717) is 13.0 Å². The zero-order valence-electron chi connectivity index (χ0n) is 8.08. The Morgan fingerprint density at radius 1 is 1.69 bits per heavy atom. The lowest BCUT2D eigenvalue weighted by atomic mass is 10.3. The van der Waals surface area contributed by atoms with Crippen LogP contribution >= 0.6 is 0 Å². The molecular weight excluding hydrogens is 166 g/mol. The van der Waals surface area contributed by atoms with E-state index >= 15 is 0 Å². The number of nitrogens with one attached hydrogen (secondary N) is 1. The molecule has 1 aromatic heterocycles. The van der Waals surface area contributed by atoms with Gasteiger partial charge in [0.25, 0.3) is 0 Å². The minimum Gasteiger partial charge on any atom is -0.356 e. The van der Waals surface area contributed by atoms with Crippen molar-refractivity contribution in [2.45, 2.75) is 19.8 Å². The third-order valence-corrected chi connectivity index (χ3v) is 1.95. The standard InChI is InChI=1S/C9H15N3O/c1-3-9(13)10-6-4-8-5-7-11-12(8)2/h5,7H,3-4,6H2,1-2H3,(H,10,13). The first-order chi connectivity index (χ1) is 6.24. The summed E-state index contributed by atoms with van der Waals surface area (Å²) in [7, 11) is 1.90. The number of hydrogen-bond donors (Lipinski definition) is 1. The van der Waals surface area contributed by atoms with Crippen LogP contribution in [0.4, 0.5) is 0 Å². The van der Waals surface area contributed by atoms with Crippen molar-refractivity contribution in [1.82, 2.24) is 15.1 Å². The molecule has 0 saturated carbocycles. The van der Waals surface area contributed by atoms with E-state index < -0.39 is 0 Å². The molecule has 0 aliphatic heterocycles. The Morgan fingerprint density at radius 2 is 2.46 bits per heavy atom. The quantitative estimate of drug-likeness (QED) is 0.734. The molecule has 0 saturated heterocycles. The highest BCUT2D eigenvalue weighted by atomic mass is 16.1. The van der Waals surface area contributed by atoms with E-state index in [4.69, 9.17) is 0 Å². The molecular formula is C9H15N3O. The fourth-order valence-corrected chi connectivity index (χ4v) is 1.10. The van der Waals surface area contributed by atoms with Crippen LogP contribution in [0.5, 0.6) is 0 Å². The smallest absolute Gasteiger partial charge is 0.219 e. The van der Waals surface area contributed by atoms with Crippen molar-refractivity contribution >= 4 is 5.91 Å². The Morgan fingerprint density at radius 3 is 3.00 bits per heavy atom. The van der Waals surface area contributed by atoms with E-state index in [2.05, 4.69) is 10.4 Å². The normalized spacial score (nSPS) is 10.0. The van der Waals surface area contributed by atoms with E-state index in [1.165, 1.54) is 0 Å². The van der Waals surface area contributed by atoms with Crippen LogP contribution in [-0.4, -0.2) is 22.2 Å². The van der Waals surface area contributed by atoms with Gasteiger partial charge >= 0.3 is 0 Å². The van der Waals surface area contributed by atoms with Gasteiger partial charge in [0.2, 0.25) is 5.91 Å². The molecule has 0 radical (unpaired) electrons. The molecule has 0 bridgehead atoms. The first-order valence-corrected chi connectivity index (χ1v) is 4.47. The Labute approximate surface area is 77.9 Å². The fourth-order valence-electron chi connectivity index (χ4n) is 1.10. The summed E-state index contributed by atoms with van der Waals surface area (Å²) >= 11 is 0. The molecule has 0 atom stereocenters. The predicted molar refractivity (Wildman–Crippen MR) is 50.2 cm³/mol. The minimum atomic E-state index is 0.0992. The second-order valence-electron chi connectivity index (χ2n) is 2.90. The van der Waals surface area contributed by atoms with Crippen molar-refractivity contribution < 1.29 is 4.79 Å². The Kier molecular flexibility index (Phi) is 3.49. The van der Waals surface area contributed by atoms with E-state index in [1.807, 2.05) is 24.7 Å². The van der Waals surface area contributed by atoms with Gasteiger partial charge in [-0.1, -0.05) is 6.92 Å². The predicted octanol–water partition coefficient (Wildman–Crippen LogP) is 0.489. The summed E-state index contributed by atoms with van der Waals surface area (Å²) in [6, 6.07) is 1.96. The van der Waals surface area contributed by atoms with Crippen molar-refractivity contribution in [3.8, 4) is 0 Å². The van der Waals surface area contributed by atoms with Crippen LogP contribution in [0.2, 0.25) is 0 Å². The van der Waals surface area contributed by atoms with Crippen molar-refractivity contribution in [3.05, 3.63) is 18.0 Å². The van der Waals surface area contributed by atoms with Gasteiger partial charge in [-0.3, -0.25) is 9.48 Å². The number of aryl methyl sites for hydroxylation is 1. The number of amides is 1. The molecule has 1 amide bonds. The molecule has 1 heterocycles. The van der Waals surface area contributed by atoms with Crippen LogP contribution in [0.3, 0.4) is 0 Å². The van der Waals surface area contributed by atoms with Gasteiger partial charge in [0.15, 0.2) is 0 Å². The summed E-state index contributed by atoms with van der Waals surface area (Å²) in [6.45, 7) is 2.53. The summed E-state index contributed by atoms with van der Waals surface area (Å²) in [5.74, 6) is 0.0992. The van der Waals surface area contributed by atoms with Crippen molar-refractivity contribution in [3.63, 3.8) is 0 Å². The molecule has 4 heteroatoms. The van der Waals surface area contributed by atoms with Gasteiger partial charge in [0.1, 0.15) is 0 Å². The molecule has 0 fully saturated rings. The maximum Gasteiger partial charge on any atom is 0.219 e. The summed E-state index contributed by atoms with van der Waals surface area (Å²) in [5.41, 5.74) is 1.14. The van der Waals surface area contributed by atoms with Crippen LogP contribution in [0.25, 0.3) is 0 Å². The maximum absolute atomic E-state index is 10.9. The first-order valence-electron chi connectivity index (χ1n) is 4.47. The third-order valence-electron chi connectivity index (χ3n) is 1.95. The van der Waals surface area contributed by atoms with Crippen molar-refractivity contribution in [2.75, 3.05) is 6.54 Å². The van der Waals surface area contributed by atoms with Gasteiger partial charge < -0.3 is 5.32 Å². The topological polar surface area (TPSA) is 46.9 Å². The molecule has 1 N–H and O–H groups in total. The maximum atomic E-state index is 10.9. The van der Waals surface area contributed by atoms with E-state index in [1.54, 1.807) is 6.20 Å². The Balaban J connectivity index is 2.28. The van der Waals surface area contributed by atoms with E-state index in [0.717, 1.165) is 12.1 Å². The van der Waals surface area contributed by atoms with Crippen LogP contribution in [0.1, 0.15) is 19.0 Å². The number of rotatable bonds is 4. The molecule has 1 rings (SSSR count). The van der Waals surface area contributed by atoms with Crippen LogP contribution in [0, 0.1) is 0 Å². The monoisotopic (exact) mass is 181 g/mol. The zero-order chi connectivity index (χ0) is 9.68. The summed E-state index contributed by atoms with van der Waals surface area (Å²) in [4.78, 5) is 10.9. The highest BCUT2D eigenvalue weighted by molar-refractivity contribution is 5.75. The summed E-state index contributed by atoms with van der Waals surface area (Å²) in [6.07, 6.45) is 3.14. The molecule has 1 aromatic rings. The fraction of sp³-hybridized carbons (Fsp3) is 0.556. The molecule has 0 aromatic carbocycles. The number of aromatic nitrogens is 2. The molecule has 4 nitrogen and oxygen atoms in total. The second-order valence-corrected chi connectivity index (χ2v) is 2.90. The number of nitrogens with zero attached hydrogens (tertiary/aromatic N) is 2.